The largest absolute Gasteiger partial charge is 0.497 e. The maximum Gasteiger partial charge on any atom is 0.289 e. The van der Waals surface area contributed by atoms with Gasteiger partial charge in [-0.05, 0) is 49.7 Å². The third-order valence-electron chi connectivity index (χ3n) is 6.06. The van der Waals surface area contributed by atoms with Crippen molar-refractivity contribution in [2.24, 2.45) is 0 Å². The summed E-state index contributed by atoms with van der Waals surface area (Å²) in [5.74, 6) is 2.00. The number of ether oxygens (including phenoxy) is 2. The minimum absolute atomic E-state index is 0.0450. The van der Waals surface area contributed by atoms with E-state index in [-0.39, 0.29) is 11.9 Å². The number of carbonyl (C=O) groups is 1. The van der Waals surface area contributed by atoms with Crippen LogP contribution in [0.2, 0.25) is 0 Å². The van der Waals surface area contributed by atoms with Gasteiger partial charge in [0.15, 0.2) is 5.76 Å². The zero-order valence-electron chi connectivity index (χ0n) is 18.0. The van der Waals surface area contributed by atoms with Crippen LogP contribution in [0.15, 0.2) is 46.9 Å². The van der Waals surface area contributed by atoms with Crippen LogP contribution in [0.25, 0.3) is 11.0 Å². The van der Waals surface area contributed by atoms with Crippen molar-refractivity contribution in [1.29, 1.82) is 0 Å². The van der Waals surface area contributed by atoms with E-state index in [1.807, 2.05) is 42.2 Å². The summed E-state index contributed by atoms with van der Waals surface area (Å²) in [6.45, 7) is 7.11. The van der Waals surface area contributed by atoms with E-state index in [1.54, 1.807) is 14.2 Å². The van der Waals surface area contributed by atoms with Crippen LogP contribution in [-0.2, 0) is 0 Å². The van der Waals surface area contributed by atoms with E-state index in [2.05, 4.69) is 24.0 Å². The number of fused-ring (bicyclic) bond motifs is 1. The minimum atomic E-state index is -0.0450. The molecule has 3 aromatic rings. The predicted molar refractivity (Wildman–Crippen MR) is 116 cm³/mol. The van der Waals surface area contributed by atoms with Gasteiger partial charge in [-0.3, -0.25) is 9.69 Å². The highest BCUT2D eigenvalue weighted by Gasteiger charge is 2.28. The molecule has 1 aromatic heterocycles. The average Bonchev–Trinajstić information content (AvgIpc) is 3.13. The zero-order valence-corrected chi connectivity index (χ0v) is 18.0. The Balaban J connectivity index is 1.45. The fourth-order valence-electron chi connectivity index (χ4n) is 4.10. The van der Waals surface area contributed by atoms with Crippen LogP contribution >= 0.6 is 0 Å². The lowest BCUT2D eigenvalue weighted by atomic mass is 10.1. The molecule has 1 amide bonds. The standard InChI is InChI=1S/C24H28N2O4/c1-16-21-15-20(29-4)8-9-22(21)30-23(16)24(27)26-12-10-25(11-13-26)17(2)18-6-5-7-19(14-18)28-3/h5-9,14-15,17H,10-13H2,1-4H3. The Hall–Kier alpha value is -2.99. The van der Waals surface area contributed by atoms with Gasteiger partial charge >= 0.3 is 0 Å². The maximum absolute atomic E-state index is 13.1. The molecular formula is C24H28N2O4. The molecule has 4 rings (SSSR count). The van der Waals surface area contributed by atoms with Gasteiger partial charge < -0.3 is 18.8 Å². The molecule has 6 heteroatoms. The van der Waals surface area contributed by atoms with E-state index in [4.69, 9.17) is 13.9 Å². The first-order valence-corrected chi connectivity index (χ1v) is 10.3. The molecule has 0 spiro atoms. The van der Waals surface area contributed by atoms with Gasteiger partial charge in [0.2, 0.25) is 0 Å². The number of piperazine rings is 1. The summed E-state index contributed by atoms with van der Waals surface area (Å²) in [5.41, 5.74) is 2.79. The van der Waals surface area contributed by atoms with Gasteiger partial charge in [-0.2, -0.15) is 0 Å². The number of hydrogen-bond acceptors (Lipinski definition) is 5. The van der Waals surface area contributed by atoms with E-state index >= 15 is 0 Å². The highest BCUT2D eigenvalue weighted by atomic mass is 16.5. The van der Waals surface area contributed by atoms with Crippen LogP contribution < -0.4 is 9.47 Å². The van der Waals surface area contributed by atoms with Gasteiger partial charge in [0, 0.05) is 43.2 Å². The molecule has 1 atom stereocenters. The summed E-state index contributed by atoms with van der Waals surface area (Å²) in [6.07, 6.45) is 0. The van der Waals surface area contributed by atoms with E-state index in [1.165, 1.54) is 5.56 Å². The topological polar surface area (TPSA) is 55.2 Å². The Morgan fingerprint density at radius 1 is 1.00 bits per heavy atom. The first-order valence-electron chi connectivity index (χ1n) is 10.3. The molecule has 1 unspecified atom stereocenters. The zero-order chi connectivity index (χ0) is 21.3. The van der Waals surface area contributed by atoms with Crippen molar-refractivity contribution >= 4 is 16.9 Å². The molecule has 0 saturated carbocycles. The second-order valence-electron chi connectivity index (χ2n) is 7.70. The van der Waals surface area contributed by atoms with Gasteiger partial charge in [0.05, 0.1) is 14.2 Å². The fourth-order valence-corrected chi connectivity index (χ4v) is 4.10. The molecule has 1 saturated heterocycles. The lowest BCUT2D eigenvalue weighted by molar-refractivity contribution is 0.0554. The van der Waals surface area contributed by atoms with Crippen LogP contribution in [0.3, 0.4) is 0 Å². The van der Waals surface area contributed by atoms with Crippen molar-refractivity contribution in [2.75, 3.05) is 40.4 Å². The number of amides is 1. The molecule has 1 aliphatic heterocycles. The summed E-state index contributed by atoms with van der Waals surface area (Å²) in [6, 6.07) is 14.0. The molecule has 0 radical (unpaired) electrons. The Morgan fingerprint density at radius 3 is 2.40 bits per heavy atom. The van der Waals surface area contributed by atoms with Crippen molar-refractivity contribution in [1.82, 2.24) is 9.80 Å². The number of nitrogens with zero attached hydrogens (tertiary/aromatic N) is 2. The Morgan fingerprint density at radius 2 is 1.70 bits per heavy atom. The quantitative estimate of drug-likeness (QED) is 0.631. The SMILES string of the molecule is COc1cccc(C(C)N2CCN(C(=O)c3oc4ccc(OC)cc4c3C)CC2)c1. The molecule has 2 heterocycles. The number of carbonyl (C=O) groups excluding carboxylic acids is 1. The van der Waals surface area contributed by atoms with Crippen molar-refractivity contribution in [2.45, 2.75) is 19.9 Å². The Bertz CT molecular complexity index is 1050. The van der Waals surface area contributed by atoms with Crippen LogP contribution in [-0.4, -0.2) is 56.1 Å². The number of hydrogen-bond donors (Lipinski definition) is 0. The fraction of sp³-hybridized carbons (Fsp3) is 0.375. The third-order valence-corrected chi connectivity index (χ3v) is 6.06. The highest BCUT2D eigenvalue weighted by Crippen LogP contribution is 2.30. The number of rotatable bonds is 5. The lowest BCUT2D eigenvalue weighted by Gasteiger charge is -2.38. The average molecular weight is 408 g/mol. The van der Waals surface area contributed by atoms with Crippen molar-refractivity contribution in [3.8, 4) is 11.5 Å². The monoisotopic (exact) mass is 408 g/mol. The van der Waals surface area contributed by atoms with Gasteiger partial charge in [0.1, 0.15) is 17.1 Å². The number of furan rings is 1. The molecule has 158 valence electrons. The third kappa shape index (κ3) is 3.75. The summed E-state index contributed by atoms with van der Waals surface area (Å²) >= 11 is 0. The second-order valence-corrected chi connectivity index (χ2v) is 7.70. The molecule has 1 aliphatic rings. The number of benzene rings is 2. The summed E-state index contributed by atoms with van der Waals surface area (Å²) < 4.78 is 16.6. The van der Waals surface area contributed by atoms with Gasteiger partial charge in [-0.15, -0.1) is 0 Å². The molecule has 0 bridgehead atoms. The Labute approximate surface area is 177 Å². The Kier molecular flexibility index (Phi) is 5.68. The number of aryl methyl sites for hydroxylation is 1. The van der Waals surface area contributed by atoms with Crippen molar-refractivity contribution in [3.63, 3.8) is 0 Å². The van der Waals surface area contributed by atoms with Crippen LogP contribution in [0.4, 0.5) is 0 Å². The number of methoxy groups -OCH3 is 2. The highest BCUT2D eigenvalue weighted by molar-refractivity contribution is 5.99. The van der Waals surface area contributed by atoms with Gasteiger partial charge in [-0.1, -0.05) is 12.1 Å². The minimum Gasteiger partial charge on any atom is -0.497 e. The summed E-state index contributed by atoms with van der Waals surface area (Å²) in [7, 11) is 3.32. The molecule has 1 fully saturated rings. The van der Waals surface area contributed by atoms with E-state index in [9.17, 15) is 4.79 Å². The van der Waals surface area contributed by atoms with Crippen LogP contribution in [0, 0.1) is 6.92 Å². The molecule has 30 heavy (non-hydrogen) atoms. The molecule has 0 N–H and O–H groups in total. The molecule has 6 nitrogen and oxygen atoms in total. The summed E-state index contributed by atoms with van der Waals surface area (Å²) in [4.78, 5) is 17.4. The first-order chi connectivity index (χ1) is 14.5. The van der Waals surface area contributed by atoms with Gasteiger partial charge in [0.25, 0.3) is 5.91 Å². The van der Waals surface area contributed by atoms with E-state index in [0.717, 1.165) is 35.5 Å². The van der Waals surface area contributed by atoms with Crippen molar-refractivity contribution < 1.29 is 18.7 Å². The van der Waals surface area contributed by atoms with E-state index in [0.29, 0.717) is 24.4 Å². The molecular weight excluding hydrogens is 380 g/mol. The second kappa shape index (κ2) is 8.40. The van der Waals surface area contributed by atoms with Gasteiger partial charge in [-0.25, -0.2) is 0 Å². The lowest BCUT2D eigenvalue weighted by Crippen LogP contribution is -2.49. The maximum atomic E-state index is 13.1. The first kappa shape index (κ1) is 20.3. The van der Waals surface area contributed by atoms with Crippen molar-refractivity contribution in [3.05, 3.63) is 59.4 Å². The summed E-state index contributed by atoms with van der Waals surface area (Å²) in [5, 5.41) is 0.919. The van der Waals surface area contributed by atoms with Crippen LogP contribution in [0.1, 0.15) is 34.6 Å². The normalized spacial score (nSPS) is 15.9. The molecule has 0 aliphatic carbocycles. The predicted octanol–water partition coefficient (Wildman–Crippen LogP) is 4.28. The van der Waals surface area contributed by atoms with Crippen LogP contribution in [0.5, 0.6) is 11.5 Å². The smallest absolute Gasteiger partial charge is 0.289 e. The molecule has 2 aromatic carbocycles. The van der Waals surface area contributed by atoms with E-state index < -0.39 is 0 Å².